The summed E-state index contributed by atoms with van der Waals surface area (Å²) in [5.41, 5.74) is 0. The fourth-order valence-electron chi connectivity index (χ4n) is 0. The van der Waals surface area contributed by atoms with Gasteiger partial charge in [0.25, 0.3) is 0 Å². The van der Waals surface area contributed by atoms with Crippen molar-refractivity contribution in [2.24, 2.45) is 0 Å². The lowest BCUT2D eigenvalue weighted by atomic mass is 11.3. The Morgan fingerprint density at radius 1 is 1.29 bits per heavy atom. The van der Waals surface area contributed by atoms with Crippen molar-refractivity contribution in [1.82, 2.24) is 5.32 Å². The van der Waals surface area contributed by atoms with Crippen molar-refractivity contribution in [3.05, 3.63) is 0 Å². The molecule has 0 unspecified atom stereocenters. The summed E-state index contributed by atoms with van der Waals surface area (Å²) in [6, 6.07) is 0. The normalized spacial score (nSPS) is 4.86. The van der Waals surface area contributed by atoms with Gasteiger partial charge in [-0.25, -0.2) is 8.42 Å². The number of hydrogen-bond donors (Lipinski definition) is 1. The van der Waals surface area contributed by atoms with Gasteiger partial charge in [-0.05, 0) is 14.1 Å². The summed E-state index contributed by atoms with van der Waals surface area (Å²) in [7, 11) is 3.75. The van der Waals surface area contributed by atoms with Crippen LogP contribution in [-0.4, -0.2) is 22.5 Å². The lowest BCUT2D eigenvalue weighted by Gasteiger charge is -1.59. The van der Waals surface area contributed by atoms with Gasteiger partial charge < -0.3 is 5.32 Å². The zero-order chi connectivity index (χ0) is 5.41. The van der Waals surface area contributed by atoms with Gasteiger partial charge in [-0.1, -0.05) is 0 Å². The van der Waals surface area contributed by atoms with E-state index in [0.717, 1.165) is 0 Å². The molecule has 0 aliphatic carbocycles. The lowest BCUT2D eigenvalue weighted by molar-refractivity contribution is 0.630. The van der Waals surface area contributed by atoms with Gasteiger partial charge >= 0.3 is 0 Å². The van der Waals surface area contributed by atoms with Crippen molar-refractivity contribution in [3.63, 3.8) is 0 Å². The van der Waals surface area contributed by atoms with Gasteiger partial charge in [-0.15, -0.1) is 12.4 Å². The molecule has 1 N–H and O–H groups in total. The Kier molecular flexibility index (Phi) is 77.6. The van der Waals surface area contributed by atoms with Gasteiger partial charge in [0.2, 0.25) is 0 Å². The van der Waals surface area contributed by atoms with Crippen LogP contribution in [-0.2, 0) is 11.6 Å². The highest BCUT2D eigenvalue weighted by atomic mass is 35.5. The molecular formula is C2H10ClNO2S. The molecule has 0 heterocycles. The number of hydrogen-bond acceptors (Lipinski definition) is 3. The van der Waals surface area contributed by atoms with Crippen LogP contribution >= 0.6 is 12.4 Å². The van der Waals surface area contributed by atoms with E-state index in [-0.39, 0.29) is 12.4 Å². The van der Waals surface area contributed by atoms with E-state index in [2.05, 4.69) is 5.32 Å². The summed E-state index contributed by atoms with van der Waals surface area (Å²) < 4.78 is 16.8. The van der Waals surface area contributed by atoms with Gasteiger partial charge in [-0.2, -0.15) is 0 Å². The minimum absolute atomic E-state index is 0. The topological polar surface area (TPSA) is 46.2 Å². The average molecular weight is 148 g/mol. The molecule has 0 aliphatic heterocycles. The summed E-state index contributed by atoms with van der Waals surface area (Å²) in [5, 5.41) is 2.75. The predicted molar refractivity (Wildman–Crippen MR) is 33.9 cm³/mol. The molecule has 0 aliphatic rings. The van der Waals surface area contributed by atoms with Crippen molar-refractivity contribution in [1.29, 1.82) is 0 Å². The highest BCUT2D eigenvalue weighted by molar-refractivity contribution is 7.51. The molecule has 0 amide bonds. The third-order valence-corrected chi connectivity index (χ3v) is 0. The van der Waals surface area contributed by atoms with Crippen molar-refractivity contribution in [3.8, 4) is 0 Å². The first-order valence-corrected chi connectivity index (χ1v) is 2.22. The third kappa shape index (κ3) is 2730. The van der Waals surface area contributed by atoms with E-state index in [4.69, 9.17) is 8.42 Å². The van der Waals surface area contributed by atoms with Gasteiger partial charge in [0.15, 0.2) is 0 Å². The Bertz CT molecular complexity index is 45.0. The first-order valence-electron chi connectivity index (χ1n) is 1.41. The van der Waals surface area contributed by atoms with Crippen LogP contribution in [0.25, 0.3) is 0 Å². The number of halogens is 1. The average Bonchev–Trinajstić information content (AvgIpc) is 1.39. The maximum Gasteiger partial charge on any atom is 0.129 e. The predicted octanol–water partition coefficient (Wildman–Crippen LogP) is -0.948. The van der Waals surface area contributed by atoms with E-state index < -0.39 is 11.6 Å². The first kappa shape index (κ1) is 15.7. The van der Waals surface area contributed by atoms with Gasteiger partial charge in [-0.3, -0.25) is 0 Å². The second-order valence-electron chi connectivity index (χ2n) is 0.583. The van der Waals surface area contributed by atoms with Crippen LogP contribution in [0.15, 0.2) is 0 Å². The lowest BCUT2D eigenvalue weighted by Crippen LogP contribution is -1.89. The first-order chi connectivity index (χ1) is 2.83. The van der Waals surface area contributed by atoms with Gasteiger partial charge in [0, 0.05) is 0 Å². The van der Waals surface area contributed by atoms with Crippen molar-refractivity contribution < 1.29 is 8.42 Å². The Labute approximate surface area is 52.5 Å². The van der Waals surface area contributed by atoms with Crippen LogP contribution in [0.5, 0.6) is 0 Å². The highest BCUT2D eigenvalue weighted by Crippen LogP contribution is 0.981. The molecule has 0 fully saturated rings. The van der Waals surface area contributed by atoms with E-state index in [1.165, 1.54) is 0 Å². The Morgan fingerprint density at radius 3 is 1.29 bits per heavy atom. The van der Waals surface area contributed by atoms with Crippen LogP contribution in [0, 0.1) is 0 Å². The number of rotatable bonds is 0. The Balaban J connectivity index is -0.0000000400. The minimum Gasteiger partial charge on any atom is -0.323 e. The minimum atomic E-state index is -1.42. The van der Waals surface area contributed by atoms with Crippen molar-refractivity contribution in [2.75, 3.05) is 14.1 Å². The maximum atomic E-state index is 8.40. The second kappa shape index (κ2) is 34.6. The third-order valence-electron chi connectivity index (χ3n) is 0. The Hall–Kier alpha value is 0.200. The van der Waals surface area contributed by atoms with Crippen LogP contribution in [0.2, 0.25) is 0 Å². The number of nitrogens with one attached hydrogen (secondary N) is 1. The van der Waals surface area contributed by atoms with E-state index in [0.29, 0.717) is 0 Å². The van der Waals surface area contributed by atoms with Crippen LogP contribution < -0.4 is 5.32 Å². The molecule has 0 spiro atoms. The zero-order valence-electron chi connectivity index (χ0n) is 4.22. The molecule has 0 radical (unpaired) electrons. The molecule has 0 aromatic heterocycles. The quantitative estimate of drug-likeness (QED) is 0.481. The molecular weight excluding hydrogens is 138 g/mol. The van der Waals surface area contributed by atoms with Crippen LogP contribution in [0.3, 0.4) is 0 Å². The molecule has 3 nitrogen and oxygen atoms in total. The summed E-state index contributed by atoms with van der Waals surface area (Å²) >= 11 is -1.42. The molecule has 5 heteroatoms. The second-order valence-corrected chi connectivity index (χ2v) is 0.750. The van der Waals surface area contributed by atoms with Crippen LogP contribution in [0.1, 0.15) is 0 Å². The highest BCUT2D eigenvalue weighted by Gasteiger charge is 1.25. The zero-order valence-corrected chi connectivity index (χ0v) is 6.04. The smallest absolute Gasteiger partial charge is 0.129 e. The molecule has 0 atom stereocenters. The largest absolute Gasteiger partial charge is 0.323 e. The van der Waals surface area contributed by atoms with Gasteiger partial charge in [0.05, 0.1) is 0 Å². The van der Waals surface area contributed by atoms with E-state index in [9.17, 15) is 0 Å². The van der Waals surface area contributed by atoms with Crippen LogP contribution in [0.4, 0.5) is 0 Å². The molecule has 0 rings (SSSR count). The summed E-state index contributed by atoms with van der Waals surface area (Å²) in [6.45, 7) is 0. The van der Waals surface area contributed by atoms with E-state index >= 15 is 0 Å². The SMILES string of the molecule is CNC.Cl.O=[SH2]=O. The molecule has 0 aromatic rings. The van der Waals surface area contributed by atoms with Gasteiger partial charge in [0.1, 0.15) is 11.6 Å². The van der Waals surface area contributed by atoms with Crippen molar-refractivity contribution in [2.45, 2.75) is 0 Å². The van der Waals surface area contributed by atoms with E-state index in [1.54, 1.807) is 0 Å². The fourth-order valence-corrected chi connectivity index (χ4v) is 0. The molecule has 0 bridgehead atoms. The molecule has 0 saturated carbocycles. The molecule has 48 valence electrons. The van der Waals surface area contributed by atoms with E-state index in [1.807, 2.05) is 14.1 Å². The summed E-state index contributed by atoms with van der Waals surface area (Å²) in [6.07, 6.45) is 0. The van der Waals surface area contributed by atoms with Crippen molar-refractivity contribution >= 4 is 24.0 Å². The molecule has 0 aromatic carbocycles. The maximum absolute atomic E-state index is 8.40. The molecule has 0 saturated heterocycles. The monoisotopic (exact) mass is 147 g/mol. The molecule has 7 heavy (non-hydrogen) atoms. The Morgan fingerprint density at radius 2 is 1.29 bits per heavy atom. The summed E-state index contributed by atoms with van der Waals surface area (Å²) in [4.78, 5) is 0. The standard InChI is InChI=1S/C2H7N.ClH.H2O2S/c1-3-2;;1-3-2/h3H,1-2H3;1H;3H2. The fraction of sp³-hybridized carbons (Fsp3) is 1.00. The summed E-state index contributed by atoms with van der Waals surface area (Å²) in [5.74, 6) is 0.